The van der Waals surface area contributed by atoms with Crippen molar-refractivity contribution in [2.75, 3.05) is 32.7 Å². The van der Waals surface area contributed by atoms with Gasteiger partial charge in [-0.2, -0.15) is 9.61 Å². The van der Waals surface area contributed by atoms with E-state index in [2.05, 4.69) is 25.3 Å². The van der Waals surface area contributed by atoms with Crippen molar-refractivity contribution in [1.82, 2.24) is 29.5 Å². The molecule has 1 saturated heterocycles. The number of pyridine rings is 1. The molecule has 4 aromatic heterocycles. The Morgan fingerprint density at radius 1 is 1.30 bits per heavy atom. The zero-order valence-electron chi connectivity index (χ0n) is 20.4. The summed E-state index contributed by atoms with van der Waals surface area (Å²) in [4.78, 5) is 22.4. The molecule has 1 amide bonds. The van der Waals surface area contributed by atoms with Gasteiger partial charge in [-0.25, -0.2) is 18.7 Å². The van der Waals surface area contributed by atoms with E-state index in [0.29, 0.717) is 24.7 Å². The molecular formula is C25H27F2N7O3. The molecule has 2 fully saturated rings. The lowest BCUT2D eigenvalue weighted by Gasteiger charge is -2.36. The van der Waals surface area contributed by atoms with Gasteiger partial charge in [0.15, 0.2) is 5.65 Å². The summed E-state index contributed by atoms with van der Waals surface area (Å²) in [6.45, 7) is 1.11. The number of aromatic nitrogens is 5. The minimum atomic E-state index is -2.90. The molecule has 1 saturated carbocycles. The van der Waals surface area contributed by atoms with Crippen molar-refractivity contribution < 1.29 is 23.0 Å². The first-order valence-electron chi connectivity index (χ1n) is 12.2. The highest BCUT2D eigenvalue weighted by Gasteiger charge is 2.49. The number of nitrogens with one attached hydrogen (secondary N) is 2. The molecule has 0 radical (unpaired) electrons. The van der Waals surface area contributed by atoms with Crippen LogP contribution in [0.15, 0.2) is 36.8 Å². The zero-order valence-corrected chi connectivity index (χ0v) is 20.4. The first-order valence-corrected chi connectivity index (χ1v) is 12.2. The van der Waals surface area contributed by atoms with E-state index in [0.717, 1.165) is 23.0 Å². The molecule has 1 aliphatic heterocycles. The molecule has 194 valence electrons. The van der Waals surface area contributed by atoms with Crippen LogP contribution in [0.5, 0.6) is 0 Å². The Kier molecular flexibility index (Phi) is 5.80. The number of anilines is 1. The van der Waals surface area contributed by atoms with Crippen LogP contribution < -0.4 is 10.6 Å². The van der Waals surface area contributed by atoms with Crippen molar-refractivity contribution >= 4 is 28.4 Å². The molecule has 0 spiro atoms. The summed E-state index contributed by atoms with van der Waals surface area (Å²) < 4.78 is 42.5. The smallest absolute Gasteiger partial charge is 0.267 e. The lowest BCUT2D eigenvalue weighted by molar-refractivity contribution is -0.102. The molecule has 0 bridgehead atoms. The molecule has 2 aliphatic rings. The molecule has 6 rings (SSSR count). The monoisotopic (exact) mass is 511 g/mol. The van der Waals surface area contributed by atoms with Gasteiger partial charge in [0.25, 0.3) is 11.8 Å². The molecule has 10 nitrogen and oxygen atoms in total. The highest BCUT2D eigenvalue weighted by molar-refractivity contribution is 6.01. The Morgan fingerprint density at radius 2 is 2.16 bits per heavy atom. The summed E-state index contributed by atoms with van der Waals surface area (Å²) in [6, 6.07) is 4.52. The molecule has 4 aromatic rings. The maximum atomic E-state index is 13.8. The van der Waals surface area contributed by atoms with E-state index in [1.165, 1.54) is 10.7 Å². The van der Waals surface area contributed by atoms with Crippen LogP contribution in [0.3, 0.4) is 0 Å². The third-order valence-electron chi connectivity index (χ3n) is 7.35. The van der Waals surface area contributed by atoms with Crippen molar-refractivity contribution in [3.05, 3.63) is 42.4 Å². The number of fused-ring (bicyclic) bond motifs is 2. The average molecular weight is 512 g/mol. The minimum Gasteiger partial charge on any atom is -0.379 e. The maximum Gasteiger partial charge on any atom is 0.267 e. The lowest BCUT2D eigenvalue weighted by Crippen LogP contribution is -2.55. The summed E-state index contributed by atoms with van der Waals surface area (Å²) >= 11 is 0. The molecule has 0 aromatic carbocycles. The number of halogens is 2. The summed E-state index contributed by atoms with van der Waals surface area (Å²) in [5.74, 6) is -2.93. The summed E-state index contributed by atoms with van der Waals surface area (Å²) in [5, 5.41) is 10.7. The highest BCUT2D eigenvalue weighted by atomic mass is 19.3. The number of carbonyl (C=O) groups is 1. The van der Waals surface area contributed by atoms with Gasteiger partial charge in [-0.05, 0) is 25.0 Å². The van der Waals surface area contributed by atoms with Crippen LogP contribution in [-0.4, -0.2) is 75.5 Å². The molecule has 37 heavy (non-hydrogen) atoms. The van der Waals surface area contributed by atoms with Gasteiger partial charge in [0.2, 0.25) is 0 Å². The van der Waals surface area contributed by atoms with Crippen LogP contribution in [0.2, 0.25) is 0 Å². The normalized spacial score (nSPS) is 23.2. The van der Waals surface area contributed by atoms with E-state index >= 15 is 0 Å². The summed E-state index contributed by atoms with van der Waals surface area (Å²) in [6.07, 6.45) is 5.75. The Balaban J connectivity index is 1.46. The van der Waals surface area contributed by atoms with Gasteiger partial charge >= 0.3 is 0 Å². The van der Waals surface area contributed by atoms with Crippen molar-refractivity contribution in [3.8, 4) is 11.3 Å². The number of hydrogen-bond donors (Lipinski definition) is 2. The Hall–Kier alpha value is -3.64. The molecule has 0 unspecified atom stereocenters. The Labute approximate surface area is 211 Å². The van der Waals surface area contributed by atoms with Crippen molar-refractivity contribution in [2.24, 2.45) is 0 Å². The molecule has 2 N–H and O–H groups in total. The molecule has 3 atom stereocenters. The number of rotatable bonds is 6. The standard InChI is InChI=1S/C25H27F2N7O3/c1-28-21-10-17(31-23-15(11-30-34(21)23)24(35)32-20-5-7-25(20,26)27)16-12-33(22-14(16)4-3-8-29-22)18-6-9-37-13-19(18)36-2/h3-4,8,10-12,18-20,28H,5-7,9,13H2,1-2H3,(H,32,35)/t18-,19+,20-/m1/s1. The van der Waals surface area contributed by atoms with E-state index in [1.807, 2.05) is 24.4 Å². The number of alkyl halides is 2. The van der Waals surface area contributed by atoms with Crippen LogP contribution in [0.25, 0.3) is 27.9 Å². The molecule has 5 heterocycles. The average Bonchev–Trinajstić information content (AvgIpc) is 3.52. The predicted octanol–water partition coefficient (Wildman–Crippen LogP) is 3.29. The van der Waals surface area contributed by atoms with Gasteiger partial charge in [-0.1, -0.05) is 0 Å². The Morgan fingerprint density at radius 3 is 2.89 bits per heavy atom. The second-order valence-corrected chi connectivity index (χ2v) is 9.43. The van der Waals surface area contributed by atoms with Gasteiger partial charge in [-0.3, -0.25) is 4.79 Å². The number of carbonyl (C=O) groups excluding carboxylic acids is 1. The van der Waals surface area contributed by atoms with Crippen LogP contribution in [0.1, 0.15) is 35.7 Å². The van der Waals surface area contributed by atoms with Gasteiger partial charge < -0.3 is 24.7 Å². The largest absolute Gasteiger partial charge is 0.379 e. The van der Waals surface area contributed by atoms with E-state index in [1.54, 1.807) is 20.4 Å². The number of nitrogens with zero attached hydrogens (tertiary/aromatic N) is 5. The van der Waals surface area contributed by atoms with Crippen LogP contribution in [0.4, 0.5) is 14.6 Å². The SMILES string of the molecule is CNc1cc(-c2cn([C@@H]3CCOC[C@@H]3OC)c3ncccc23)nc2c(C(=O)N[C@@H]3CCC3(F)F)cnn12. The second-order valence-electron chi connectivity index (χ2n) is 9.43. The van der Waals surface area contributed by atoms with Gasteiger partial charge in [0.05, 0.1) is 30.6 Å². The summed E-state index contributed by atoms with van der Waals surface area (Å²) in [5.41, 5.74) is 2.61. The topological polar surface area (TPSA) is 108 Å². The van der Waals surface area contributed by atoms with Gasteiger partial charge in [0.1, 0.15) is 23.1 Å². The zero-order chi connectivity index (χ0) is 25.7. The van der Waals surface area contributed by atoms with E-state index < -0.39 is 17.9 Å². The van der Waals surface area contributed by atoms with Crippen molar-refractivity contribution in [1.29, 1.82) is 0 Å². The quantitative estimate of drug-likeness (QED) is 0.409. The third kappa shape index (κ3) is 3.91. The fraction of sp³-hybridized carbons (Fsp3) is 0.440. The Bertz CT molecular complexity index is 1480. The minimum absolute atomic E-state index is 0.0258. The van der Waals surface area contributed by atoms with Gasteiger partial charge in [0, 0.05) is 56.6 Å². The van der Waals surface area contributed by atoms with Crippen LogP contribution >= 0.6 is 0 Å². The predicted molar refractivity (Wildman–Crippen MR) is 132 cm³/mol. The van der Waals surface area contributed by atoms with E-state index in [-0.39, 0.29) is 36.2 Å². The second kappa shape index (κ2) is 9.03. The van der Waals surface area contributed by atoms with E-state index in [4.69, 9.17) is 14.5 Å². The third-order valence-corrected chi connectivity index (χ3v) is 7.35. The molecule has 12 heteroatoms. The van der Waals surface area contributed by atoms with E-state index in [9.17, 15) is 13.6 Å². The fourth-order valence-corrected chi connectivity index (χ4v) is 5.14. The van der Waals surface area contributed by atoms with Crippen LogP contribution in [-0.2, 0) is 9.47 Å². The molecular weight excluding hydrogens is 484 g/mol. The number of methoxy groups -OCH3 is 1. The van der Waals surface area contributed by atoms with Crippen molar-refractivity contribution in [3.63, 3.8) is 0 Å². The highest BCUT2D eigenvalue weighted by Crippen LogP contribution is 2.38. The number of ether oxygens (including phenoxy) is 2. The first kappa shape index (κ1) is 23.7. The fourth-order valence-electron chi connectivity index (χ4n) is 5.14. The lowest BCUT2D eigenvalue weighted by atomic mass is 9.88. The van der Waals surface area contributed by atoms with Gasteiger partial charge in [-0.15, -0.1) is 0 Å². The van der Waals surface area contributed by atoms with Crippen LogP contribution in [0, 0.1) is 0 Å². The number of amides is 1. The number of hydrogen-bond acceptors (Lipinski definition) is 7. The first-order chi connectivity index (χ1) is 17.9. The summed E-state index contributed by atoms with van der Waals surface area (Å²) in [7, 11) is 3.41. The van der Waals surface area contributed by atoms with Crippen molar-refractivity contribution in [2.45, 2.75) is 43.4 Å². The maximum absolute atomic E-state index is 13.8. The molecule has 1 aliphatic carbocycles.